The van der Waals surface area contributed by atoms with Crippen molar-refractivity contribution in [2.24, 2.45) is 0 Å². The van der Waals surface area contributed by atoms with Crippen LogP contribution in [-0.4, -0.2) is 55.6 Å². The van der Waals surface area contributed by atoms with Crippen LogP contribution in [0.2, 0.25) is 0 Å². The van der Waals surface area contributed by atoms with E-state index in [0.717, 1.165) is 37.3 Å². The maximum absolute atomic E-state index is 6.32. The minimum Gasteiger partial charge on any atom is -0.497 e. The summed E-state index contributed by atoms with van der Waals surface area (Å²) in [5.74, 6) is 0.861. The second kappa shape index (κ2) is 7.74. The number of rotatable bonds is 5. The Hall–Kier alpha value is -1.08. The lowest BCUT2D eigenvalue weighted by molar-refractivity contribution is -0.0591. The summed E-state index contributed by atoms with van der Waals surface area (Å²) in [7, 11) is 1.34. The fourth-order valence-electron chi connectivity index (χ4n) is 3.75. The molecule has 0 aromatic heterocycles. The second-order valence-corrected chi connectivity index (χ2v) is 8.79. The van der Waals surface area contributed by atoms with E-state index in [-0.39, 0.29) is 24.4 Å². The molecular formula is C21H34BNO4. The van der Waals surface area contributed by atoms with E-state index >= 15 is 0 Å². The van der Waals surface area contributed by atoms with Crippen molar-refractivity contribution >= 4 is 12.6 Å². The van der Waals surface area contributed by atoms with Gasteiger partial charge in [0, 0.05) is 19.1 Å². The summed E-state index contributed by atoms with van der Waals surface area (Å²) in [6.45, 7) is 15.3. The van der Waals surface area contributed by atoms with Crippen molar-refractivity contribution in [2.45, 2.75) is 77.9 Å². The lowest BCUT2D eigenvalue weighted by atomic mass is 9.75. The van der Waals surface area contributed by atoms with Crippen molar-refractivity contribution in [3.05, 3.63) is 23.8 Å². The summed E-state index contributed by atoms with van der Waals surface area (Å²) >= 11 is 0. The quantitative estimate of drug-likeness (QED) is 0.740. The van der Waals surface area contributed by atoms with Gasteiger partial charge in [0.1, 0.15) is 5.75 Å². The molecule has 2 aliphatic heterocycles. The predicted molar refractivity (Wildman–Crippen MR) is 109 cm³/mol. The fraction of sp³-hybridized carbons (Fsp3) is 0.714. The Labute approximate surface area is 164 Å². The maximum Gasteiger partial charge on any atom is 0.495 e. The third-order valence-electron chi connectivity index (χ3n) is 6.28. The van der Waals surface area contributed by atoms with E-state index < -0.39 is 0 Å². The molecule has 2 aliphatic rings. The highest BCUT2D eigenvalue weighted by atomic mass is 16.7. The van der Waals surface area contributed by atoms with Crippen molar-refractivity contribution in [2.75, 3.05) is 20.3 Å². The van der Waals surface area contributed by atoms with Crippen LogP contribution in [0.3, 0.4) is 0 Å². The molecule has 2 fully saturated rings. The van der Waals surface area contributed by atoms with Gasteiger partial charge in [0.05, 0.1) is 31.0 Å². The normalized spacial score (nSPS) is 27.7. The Bertz CT molecular complexity index is 648. The Morgan fingerprint density at radius 2 is 1.85 bits per heavy atom. The number of methoxy groups -OCH3 is 1. The molecule has 1 aromatic carbocycles. The third-order valence-corrected chi connectivity index (χ3v) is 6.28. The maximum atomic E-state index is 6.32. The van der Waals surface area contributed by atoms with Gasteiger partial charge in [0.2, 0.25) is 0 Å². The van der Waals surface area contributed by atoms with Gasteiger partial charge >= 0.3 is 7.12 Å². The smallest absolute Gasteiger partial charge is 0.495 e. The van der Waals surface area contributed by atoms with Gasteiger partial charge in [0.15, 0.2) is 0 Å². The molecule has 0 N–H and O–H groups in total. The molecule has 0 saturated carbocycles. The van der Waals surface area contributed by atoms with Crippen LogP contribution >= 0.6 is 0 Å². The van der Waals surface area contributed by atoms with E-state index in [9.17, 15) is 0 Å². The Morgan fingerprint density at radius 1 is 1.19 bits per heavy atom. The molecular weight excluding hydrogens is 341 g/mol. The lowest BCUT2D eigenvalue weighted by Crippen LogP contribution is -2.49. The molecule has 0 amide bonds. The first kappa shape index (κ1) is 20.7. The van der Waals surface area contributed by atoms with Crippen LogP contribution in [0.1, 0.15) is 53.5 Å². The molecule has 1 aromatic rings. The zero-order valence-corrected chi connectivity index (χ0v) is 17.9. The minimum atomic E-state index is -0.366. The molecule has 5 nitrogen and oxygen atoms in total. The van der Waals surface area contributed by atoms with Gasteiger partial charge in [-0.2, -0.15) is 0 Å². The fourth-order valence-corrected chi connectivity index (χ4v) is 3.75. The summed E-state index contributed by atoms with van der Waals surface area (Å²) in [6, 6.07) is 6.62. The van der Waals surface area contributed by atoms with Crippen molar-refractivity contribution in [3.8, 4) is 5.75 Å². The molecule has 27 heavy (non-hydrogen) atoms. The first-order chi connectivity index (χ1) is 12.7. The largest absolute Gasteiger partial charge is 0.497 e. The van der Waals surface area contributed by atoms with Gasteiger partial charge in [0.25, 0.3) is 0 Å². The van der Waals surface area contributed by atoms with Crippen molar-refractivity contribution in [3.63, 3.8) is 0 Å². The standard InChI is InChI=1S/C21H34BNO4/c1-8-17-14-25-15(2)12-23(17)13-16-11-18(24-7)9-10-19(16)22-26-20(3,4)21(5,6)27-22/h9-11,15,17H,8,12-14H2,1-7H3. The summed E-state index contributed by atoms with van der Waals surface area (Å²) in [5, 5.41) is 0. The van der Waals surface area contributed by atoms with Crippen LogP contribution in [0, 0.1) is 0 Å². The molecule has 2 saturated heterocycles. The molecule has 2 heterocycles. The van der Waals surface area contributed by atoms with Gasteiger partial charge in [-0.3, -0.25) is 4.90 Å². The average Bonchev–Trinajstić information content (AvgIpc) is 2.82. The van der Waals surface area contributed by atoms with Crippen LogP contribution in [0.4, 0.5) is 0 Å². The van der Waals surface area contributed by atoms with E-state index in [1.807, 2.05) is 6.07 Å². The highest BCUT2D eigenvalue weighted by Gasteiger charge is 2.52. The molecule has 6 heteroatoms. The van der Waals surface area contributed by atoms with Crippen molar-refractivity contribution in [1.29, 1.82) is 0 Å². The SMILES string of the molecule is CCC1COC(C)CN1Cc1cc(OC)ccc1B1OC(C)(C)C(C)(C)O1. The van der Waals surface area contributed by atoms with E-state index in [1.54, 1.807) is 7.11 Å². The van der Waals surface area contributed by atoms with Gasteiger partial charge in [-0.25, -0.2) is 0 Å². The zero-order chi connectivity index (χ0) is 19.8. The second-order valence-electron chi connectivity index (χ2n) is 8.79. The zero-order valence-electron chi connectivity index (χ0n) is 17.9. The van der Waals surface area contributed by atoms with Gasteiger partial charge in [-0.15, -0.1) is 0 Å². The summed E-state index contributed by atoms with van der Waals surface area (Å²) in [5.41, 5.74) is 1.58. The highest BCUT2D eigenvalue weighted by Crippen LogP contribution is 2.37. The molecule has 0 radical (unpaired) electrons. The van der Waals surface area contributed by atoms with Crippen LogP contribution in [0.5, 0.6) is 5.75 Å². The summed E-state index contributed by atoms with van der Waals surface area (Å²) < 4.78 is 24.0. The average molecular weight is 375 g/mol. The van der Waals surface area contributed by atoms with Crippen molar-refractivity contribution in [1.82, 2.24) is 4.90 Å². The van der Waals surface area contributed by atoms with Crippen LogP contribution in [-0.2, 0) is 20.6 Å². The molecule has 0 aliphatic carbocycles. The molecule has 2 unspecified atom stereocenters. The molecule has 3 rings (SSSR count). The van der Waals surface area contributed by atoms with Gasteiger partial charge in [-0.05, 0) is 64.2 Å². The van der Waals surface area contributed by atoms with E-state index in [4.69, 9.17) is 18.8 Å². The number of hydrogen-bond acceptors (Lipinski definition) is 5. The summed E-state index contributed by atoms with van der Waals surface area (Å²) in [4.78, 5) is 2.51. The van der Waals surface area contributed by atoms with E-state index in [2.05, 4.69) is 58.6 Å². The van der Waals surface area contributed by atoms with E-state index in [1.165, 1.54) is 5.56 Å². The molecule has 0 spiro atoms. The highest BCUT2D eigenvalue weighted by molar-refractivity contribution is 6.62. The third kappa shape index (κ3) is 4.19. The number of hydrogen-bond donors (Lipinski definition) is 0. The molecule has 150 valence electrons. The van der Waals surface area contributed by atoms with Gasteiger partial charge in [-0.1, -0.05) is 13.0 Å². The van der Waals surface area contributed by atoms with Crippen molar-refractivity contribution < 1.29 is 18.8 Å². The monoisotopic (exact) mass is 375 g/mol. The topological polar surface area (TPSA) is 40.2 Å². The Kier molecular flexibility index (Phi) is 5.92. The predicted octanol–water partition coefficient (Wildman–Crippen LogP) is 2.99. The van der Waals surface area contributed by atoms with E-state index in [0.29, 0.717) is 6.04 Å². The molecule has 2 atom stereocenters. The number of morpholine rings is 1. The molecule has 0 bridgehead atoms. The first-order valence-electron chi connectivity index (χ1n) is 10.0. The first-order valence-corrected chi connectivity index (χ1v) is 10.0. The van der Waals surface area contributed by atoms with Crippen LogP contribution < -0.4 is 10.2 Å². The van der Waals surface area contributed by atoms with Crippen LogP contribution in [0.15, 0.2) is 18.2 Å². The lowest BCUT2D eigenvalue weighted by Gasteiger charge is -2.38. The Morgan fingerprint density at radius 3 is 2.44 bits per heavy atom. The number of nitrogens with zero attached hydrogens (tertiary/aromatic N) is 1. The number of benzene rings is 1. The number of ether oxygens (including phenoxy) is 2. The van der Waals surface area contributed by atoms with Crippen LogP contribution in [0.25, 0.3) is 0 Å². The minimum absolute atomic E-state index is 0.249. The van der Waals surface area contributed by atoms with Gasteiger partial charge < -0.3 is 18.8 Å². The summed E-state index contributed by atoms with van der Waals surface area (Å²) in [6.07, 6.45) is 1.32. The Balaban J connectivity index is 1.90.